The average Bonchev–Trinajstić information content (AvgIpc) is 3.34. The van der Waals surface area contributed by atoms with Crippen LogP contribution in [0, 0.1) is 5.92 Å². The van der Waals surface area contributed by atoms with E-state index in [9.17, 15) is 9.59 Å². The normalized spacial score (nSPS) is 28.5. The van der Waals surface area contributed by atoms with Gasteiger partial charge in [-0.3, -0.25) is 9.59 Å². The maximum absolute atomic E-state index is 13.0. The van der Waals surface area contributed by atoms with Gasteiger partial charge in [0.2, 0.25) is 5.91 Å². The molecule has 5 heteroatoms. The first kappa shape index (κ1) is 16.9. The predicted octanol–water partition coefficient (Wildman–Crippen LogP) is 2.91. The lowest BCUT2D eigenvalue weighted by Gasteiger charge is -2.27. The molecule has 0 radical (unpaired) electrons. The highest BCUT2D eigenvalue weighted by Gasteiger charge is 2.44. The van der Waals surface area contributed by atoms with Crippen molar-refractivity contribution in [2.75, 3.05) is 19.6 Å². The van der Waals surface area contributed by atoms with Crippen LogP contribution in [0.4, 0.5) is 0 Å². The van der Waals surface area contributed by atoms with Crippen LogP contribution in [0.5, 0.6) is 0 Å². The van der Waals surface area contributed by atoms with E-state index in [0.717, 1.165) is 32.4 Å². The summed E-state index contributed by atoms with van der Waals surface area (Å²) in [5.74, 6) is 0.193. The van der Waals surface area contributed by atoms with Crippen LogP contribution in [0.15, 0.2) is 30.3 Å². The SMILES string of the molecule is O=C(CC1C=Cc2ccccc21)C1CCN(S)[C@H]1C(=O)N1CCCC1. The highest BCUT2D eigenvalue weighted by atomic mass is 32.1. The first-order chi connectivity index (χ1) is 12.1. The second kappa shape index (κ2) is 6.96. The van der Waals surface area contributed by atoms with E-state index in [1.807, 2.05) is 17.0 Å². The number of Topliss-reactive ketones (excluding diaryl/α,β-unsaturated/α-hetero) is 1. The zero-order chi connectivity index (χ0) is 17.4. The number of benzene rings is 1. The van der Waals surface area contributed by atoms with Crippen LogP contribution < -0.4 is 0 Å². The third-order valence-corrected chi connectivity index (χ3v) is 6.23. The van der Waals surface area contributed by atoms with Gasteiger partial charge in [0.25, 0.3) is 0 Å². The van der Waals surface area contributed by atoms with Crippen LogP contribution in [-0.4, -0.2) is 46.6 Å². The number of nitrogens with zero attached hydrogens (tertiary/aromatic N) is 2. The third kappa shape index (κ3) is 3.15. The lowest BCUT2D eigenvalue weighted by atomic mass is 9.87. The van der Waals surface area contributed by atoms with E-state index < -0.39 is 6.04 Å². The lowest BCUT2D eigenvalue weighted by Crippen LogP contribution is -2.46. The van der Waals surface area contributed by atoms with Crippen LogP contribution >= 0.6 is 12.8 Å². The highest BCUT2D eigenvalue weighted by Crippen LogP contribution is 2.36. The van der Waals surface area contributed by atoms with Crippen molar-refractivity contribution in [3.63, 3.8) is 0 Å². The molecular weight excluding hydrogens is 332 g/mol. The Morgan fingerprint density at radius 3 is 2.68 bits per heavy atom. The lowest BCUT2D eigenvalue weighted by molar-refractivity contribution is -0.138. The van der Waals surface area contributed by atoms with Gasteiger partial charge in [-0.25, -0.2) is 4.31 Å². The monoisotopic (exact) mass is 356 g/mol. The summed E-state index contributed by atoms with van der Waals surface area (Å²) < 4.78 is 1.78. The van der Waals surface area contributed by atoms with Gasteiger partial charge in [-0.15, -0.1) is 0 Å². The number of hydrogen-bond donors (Lipinski definition) is 1. The molecule has 4 rings (SSSR count). The molecule has 2 fully saturated rings. The van der Waals surface area contributed by atoms with Gasteiger partial charge in [-0.1, -0.05) is 49.2 Å². The Balaban J connectivity index is 1.47. The maximum Gasteiger partial charge on any atom is 0.241 e. The van der Waals surface area contributed by atoms with Gasteiger partial charge in [0.15, 0.2) is 0 Å². The van der Waals surface area contributed by atoms with Crippen LogP contribution in [-0.2, 0) is 9.59 Å². The average molecular weight is 356 g/mol. The summed E-state index contributed by atoms with van der Waals surface area (Å²) in [6.07, 6.45) is 7.54. The Hall–Kier alpha value is -1.59. The van der Waals surface area contributed by atoms with Crippen LogP contribution in [0.1, 0.15) is 42.7 Å². The fourth-order valence-corrected chi connectivity index (χ4v) is 4.78. The molecule has 3 aliphatic rings. The molecule has 0 spiro atoms. The number of likely N-dealkylation sites (tertiary alicyclic amines) is 1. The van der Waals surface area contributed by atoms with Crippen molar-refractivity contribution >= 4 is 30.6 Å². The summed E-state index contributed by atoms with van der Waals surface area (Å²) >= 11 is 4.49. The molecule has 1 aromatic rings. The maximum atomic E-state index is 13.0. The van der Waals surface area contributed by atoms with Crippen molar-refractivity contribution in [2.45, 2.75) is 37.6 Å². The van der Waals surface area contributed by atoms with E-state index in [0.29, 0.717) is 13.0 Å². The van der Waals surface area contributed by atoms with Crippen LogP contribution in [0.2, 0.25) is 0 Å². The van der Waals surface area contributed by atoms with Gasteiger partial charge < -0.3 is 4.90 Å². The first-order valence-corrected chi connectivity index (χ1v) is 9.59. The molecule has 1 aliphatic carbocycles. The van der Waals surface area contributed by atoms with Crippen molar-refractivity contribution in [3.05, 3.63) is 41.5 Å². The van der Waals surface area contributed by atoms with E-state index in [1.54, 1.807) is 4.31 Å². The number of thiol groups is 1. The summed E-state index contributed by atoms with van der Waals surface area (Å²) in [6.45, 7) is 2.33. The second-order valence-corrected chi connectivity index (χ2v) is 7.81. The molecular formula is C20H24N2O2S. The summed E-state index contributed by atoms with van der Waals surface area (Å²) in [7, 11) is 0. The second-order valence-electron chi connectivity index (χ2n) is 7.30. The van der Waals surface area contributed by atoms with Gasteiger partial charge in [-0.05, 0) is 30.4 Å². The fraction of sp³-hybridized carbons (Fsp3) is 0.500. The number of carbonyl (C=O) groups excluding carboxylic acids is 2. The highest BCUT2D eigenvalue weighted by molar-refractivity contribution is 7.77. The van der Waals surface area contributed by atoms with Crippen molar-refractivity contribution in [3.8, 4) is 0 Å². The third-order valence-electron chi connectivity index (χ3n) is 5.78. The summed E-state index contributed by atoms with van der Waals surface area (Å²) in [5.41, 5.74) is 2.42. The standard InChI is InChI=1S/C20H24N2O2S/c23-18(13-15-8-7-14-5-1-2-6-16(14)15)17-9-12-22(25)19(17)20(24)21-10-3-4-11-21/h1-2,5-8,15,17,19,25H,3-4,9-13H2/t15?,17?,19-/m1/s1. The Bertz CT molecular complexity index is 711. The summed E-state index contributed by atoms with van der Waals surface area (Å²) in [5, 5.41) is 0. The van der Waals surface area contributed by atoms with Gasteiger partial charge in [0.05, 0.1) is 0 Å². The Morgan fingerprint density at radius 2 is 1.88 bits per heavy atom. The van der Waals surface area contributed by atoms with Crippen molar-refractivity contribution < 1.29 is 9.59 Å². The minimum Gasteiger partial charge on any atom is -0.341 e. The molecule has 2 unspecified atom stereocenters. The minimum atomic E-state index is -0.394. The van der Waals surface area contributed by atoms with Gasteiger partial charge >= 0.3 is 0 Å². The molecule has 2 heterocycles. The van der Waals surface area contributed by atoms with Gasteiger partial charge in [0, 0.05) is 37.9 Å². The van der Waals surface area contributed by atoms with E-state index in [1.165, 1.54) is 11.1 Å². The topological polar surface area (TPSA) is 40.6 Å². The largest absolute Gasteiger partial charge is 0.341 e. The zero-order valence-electron chi connectivity index (χ0n) is 14.3. The van der Waals surface area contributed by atoms with E-state index in [4.69, 9.17) is 0 Å². The molecule has 1 aromatic carbocycles. The van der Waals surface area contributed by atoms with E-state index in [2.05, 4.69) is 37.1 Å². The Morgan fingerprint density at radius 1 is 1.12 bits per heavy atom. The number of rotatable bonds is 4. The van der Waals surface area contributed by atoms with Gasteiger partial charge in [0.1, 0.15) is 11.8 Å². The first-order valence-electron chi connectivity index (χ1n) is 9.19. The summed E-state index contributed by atoms with van der Waals surface area (Å²) in [6, 6.07) is 7.83. The number of fused-ring (bicyclic) bond motifs is 1. The number of amides is 1. The molecule has 1 amide bonds. The Labute approximate surface area is 154 Å². The smallest absolute Gasteiger partial charge is 0.241 e. The molecule has 0 N–H and O–H groups in total. The van der Waals surface area contributed by atoms with Crippen LogP contribution in [0.3, 0.4) is 0 Å². The van der Waals surface area contributed by atoms with E-state index >= 15 is 0 Å². The van der Waals surface area contributed by atoms with E-state index in [-0.39, 0.29) is 23.5 Å². The molecule has 4 nitrogen and oxygen atoms in total. The molecule has 0 aromatic heterocycles. The number of hydrogen-bond acceptors (Lipinski definition) is 4. The van der Waals surface area contributed by atoms with Crippen molar-refractivity contribution in [1.82, 2.24) is 9.21 Å². The Kier molecular flexibility index (Phi) is 4.69. The fourth-order valence-electron chi connectivity index (χ4n) is 4.41. The molecule has 25 heavy (non-hydrogen) atoms. The minimum absolute atomic E-state index is 0.0886. The van der Waals surface area contributed by atoms with Crippen molar-refractivity contribution in [1.29, 1.82) is 0 Å². The number of allylic oxidation sites excluding steroid dienone is 1. The van der Waals surface area contributed by atoms with Gasteiger partial charge in [-0.2, -0.15) is 0 Å². The number of ketones is 1. The molecule has 0 saturated carbocycles. The molecule has 0 bridgehead atoms. The zero-order valence-corrected chi connectivity index (χ0v) is 15.2. The number of carbonyl (C=O) groups is 2. The molecule has 2 aliphatic heterocycles. The molecule has 2 saturated heterocycles. The predicted molar refractivity (Wildman–Crippen MR) is 101 cm³/mol. The molecule has 132 valence electrons. The summed E-state index contributed by atoms with van der Waals surface area (Å²) in [4.78, 5) is 27.8. The van der Waals surface area contributed by atoms with Crippen molar-refractivity contribution in [2.24, 2.45) is 5.92 Å². The van der Waals surface area contributed by atoms with Crippen LogP contribution in [0.25, 0.3) is 6.08 Å². The quantitative estimate of drug-likeness (QED) is 0.844. The molecule has 3 atom stereocenters.